The average molecular weight is 183 g/mol. The number of fused-ring (bicyclic) bond motifs is 2. The smallest absolute Gasteiger partial charge is 0.219 e. The zero-order valence-electron chi connectivity index (χ0n) is 8.29. The van der Waals surface area contributed by atoms with Crippen LogP contribution in [0.1, 0.15) is 33.1 Å². The Balaban J connectivity index is 2.22. The number of carbonyl (C=O) groups excluding carboxylic acids is 1. The van der Waals surface area contributed by atoms with Crippen LogP contribution in [-0.4, -0.2) is 34.1 Å². The van der Waals surface area contributed by atoms with Gasteiger partial charge in [0.25, 0.3) is 0 Å². The molecular weight excluding hydrogens is 166 g/mol. The molecule has 13 heavy (non-hydrogen) atoms. The van der Waals surface area contributed by atoms with Crippen LogP contribution < -0.4 is 0 Å². The summed E-state index contributed by atoms with van der Waals surface area (Å²) in [5.74, 6) is 0.474. The van der Waals surface area contributed by atoms with Gasteiger partial charge in [-0.2, -0.15) is 0 Å². The lowest BCUT2D eigenvalue weighted by Crippen LogP contribution is -2.44. The topological polar surface area (TPSA) is 40.5 Å². The molecule has 0 aromatic rings. The highest BCUT2D eigenvalue weighted by molar-refractivity contribution is 5.74. The standard InChI is InChI=1S/C10H17NO2/c1-7(12)11-6-8-5-10(11,2)4-3-9(8)13/h8-9,13H,3-6H2,1-2H3/t8-,9-,10-/m0/s1. The Morgan fingerprint density at radius 2 is 2.31 bits per heavy atom. The first-order valence-electron chi connectivity index (χ1n) is 4.99. The zero-order chi connectivity index (χ0) is 9.64. The second kappa shape index (κ2) is 2.71. The number of hydrogen-bond acceptors (Lipinski definition) is 2. The second-order valence-electron chi connectivity index (χ2n) is 4.70. The van der Waals surface area contributed by atoms with E-state index in [1.54, 1.807) is 6.92 Å². The molecule has 1 saturated heterocycles. The SMILES string of the molecule is CC(=O)N1C[C@@H]2C[C@]1(C)CC[C@@H]2O. The molecule has 1 aliphatic carbocycles. The fourth-order valence-electron chi connectivity index (χ4n) is 2.89. The number of carbonyl (C=O) groups is 1. The van der Waals surface area contributed by atoms with Crippen LogP contribution >= 0.6 is 0 Å². The third kappa shape index (κ3) is 1.26. The highest BCUT2D eigenvalue weighted by atomic mass is 16.3. The van der Waals surface area contributed by atoms with Crippen LogP contribution in [0.5, 0.6) is 0 Å². The van der Waals surface area contributed by atoms with E-state index < -0.39 is 0 Å². The summed E-state index contributed by atoms with van der Waals surface area (Å²) in [6, 6.07) is 0. The monoisotopic (exact) mass is 183 g/mol. The molecule has 2 rings (SSSR count). The van der Waals surface area contributed by atoms with Gasteiger partial charge in [-0.1, -0.05) is 0 Å². The molecule has 2 bridgehead atoms. The maximum atomic E-state index is 11.3. The largest absolute Gasteiger partial charge is 0.393 e. The molecule has 1 aliphatic heterocycles. The van der Waals surface area contributed by atoms with Crippen molar-refractivity contribution in [3.63, 3.8) is 0 Å². The van der Waals surface area contributed by atoms with E-state index in [4.69, 9.17) is 0 Å². The molecule has 0 spiro atoms. The molecule has 1 saturated carbocycles. The highest BCUT2D eigenvalue weighted by Crippen LogP contribution is 2.43. The molecule has 1 N–H and O–H groups in total. The summed E-state index contributed by atoms with van der Waals surface area (Å²) in [6.45, 7) is 4.52. The van der Waals surface area contributed by atoms with Crippen LogP contribution in [0.15, 0.2) is 0 Å². The van der Waals surface area contributed by atoms with Gasteiger partial charge in [-0.3, -0.25) is 4.79 Å². The molecule has 1 amide bonds. The summed E-state index contributed by atoms with van der Waals surface area (Å²) in [5, 5.41) is 9.67. The first kappa shape index (κ1) is 9.00. The molecule has 3 heteroatoms. The van der Waals surface area contributed by atoms with Crippen molar-refractivity contribution in [3.8, 4) is 0 Å². The van der Waals surface area contributed by atoms with Crippen molar-refractivity contribution < 1.29 is 9.90 Å². The Kier molecular flexibility index (Phi) is 1.88. The molecular formula is C10H17NO2. The Hall–Kier alpha value is -0.570. The molecule has 0 unspecified atom stereocenters. The lowest BCUT2D eigenvalue weighted by atomic mass is 9.79. The van der Waals surface area contributed by atoms with Crippen molar-refractivity contribution in [1.29, 1.82) is 0 Å². The molecule has 2 aliphatic rings. The maximum absolute atomic E-state index is 11.3. The lowest BCUT2D eigenvalue weighted by molar-refractivity contribution is -0.132. The third-order valence-electron chi connectivity index (χ3n) is 3.67. The van der Waals surface area contributed by atoms with Gasteiger partial charge in [0.1, 0.15) is 0 Å². The van der Waals surface area contributed by atoms with E-state index in [2.05, 4.69) is 6.92 Å². The van der Waals surface area contributed by atoms with Gasteiger partial charge < -0.3 is 10.0 Å². The Bertz CT molecular complexity index is 241. The van der Waals surface area contributed by atoms with Gasteiger partial charge in [0.15, 0.2) is 0 Å². The van der Waals surface area contributed by atoms with Gasteiger partial charge in [-0.05, 0) is 26.2 Å². The quantitative estimate of drug-likeness (QED) is 0.602. The van der Waals surface area contributed by atoms with E-state index in [1.807, 2.05) is 4.90 Å². The maximum Gasteiger partial charge on any atom is 0.219 e. The molecule has 2 fully saturated rings. The fourth-order valence-corrected chi connectivity index (χ4v) is 2.89. The minimum Gasteiger partial charge on any atom is -0.393 e. The summed E-state index contributed by atoms with van der Waals surface area (Å²) in [4.78, 5) is 13.3. The second-order valence-corrected chi connectivity index (χ2v) is 4.70. The van der Waals surface area contributed by atoms with Crippen LogP contribution in [0.3, 0.4) is 0 Å². The van der Waals surface area contributed by atoms with E-state index in [0.29, 0.717) is 5.92 Å². The van der Waals surface area contributed by atoms with Crippen molar-refractivity contribution >= 4 is 5.91 Å². The third-order valence-corrected chi connectivity index (χ3v) is 3.67. The Morgan fingerprint density at radius 1 is 1.62 bits per heavy atom. The van der Waals surface area contributed by atoms with E-state index >= 15 is 0 Å². The normalized spacial score (nSPS) is 43.8. The van der Waals surface area contributed by atoms with E-state index in [0.717, 1.165) is 25.8 Å². The number of nitrogens with zero attached hydrogens (tertiary/aromatic N) is 1. The van der Waals surface area contributed by atoms with Crippen molar-refractivity contribution in [2.45, 2.75) is 44.8 Å². The number of likely N-dealkylation sites (tertiary alicyclic amines) is 1. The number of aliphatic hydroxyl groups excluding tert-OH is 1. The van der Waals surface area contributed by atoms with Crippen molar-refractivity contribution in [2.75, 3.05) is 6.54 Å². The summed E-state index contributed by atoms with van der Waals surface area (Å²) < 4.78 is 0. The van der Waals surface area contributed by atoms with Crippen LogP contribution in [0.2, 0.25) is 0 Å². The van der Waals surface area contributed by atoms with Crippen LogP contribution in [-0.2, 0) is 4.79 Å². The van der Waals surface area contributed by atoms with Crippen LogP contribution in [0, 0.1) is 5.92 Å². The minimum atomic E-state index is -0.183. The van der Waals surface area contributed by atoms with Crippen molar-refractivity contribution in [3.05, 3.63) is 0 Å². The molecule has 0 radical (unpaired) electrons. The van der Waals surface area contributed by atoms with Crippen molar-refractivity contribution in [2.24, 2.45) is 5.92 Å². The molecule has 1 heterocycles. The first-order chi connectivity index (χ1) is 6.03. The van der Waals surface area contributed by atoms with Gasteiger partial charge in [0, 0.05) is 24.9 Å². The first-order valence-corrected chi connectivity index (χ1v) is 4.99. The Labute approximate surface area is 78.7 Å². The van der Waals surface area contributed by atoms with Crippen LogP contribution in [0.4, 0.5) is 0 Å². The number of aliphatic hydroxyl groups is 1. The van der Waals surface area contributed by atoms with E-state index in [1.165, 1.54) is 0 Å². The summed E-state index contributed by atoms with van der Waals surface area (Å²) in [5.41, 5.74) is 0.0374. The van der Waals surface area contributed by atoms with Gasteiger partial charge in [0.05, 0.1) is 6.10 Å². The summed E-state index contributed by atoms with van der Waals surface area (Å²) in [7, 11) is 0. The van der Waals surface area contributed by atoms with E-state index in [-0.39, 0.29) is 17.6 Å². The highest BCUT2D eigenvalue weighted by Gasteiger charge is 2.48. The average Bonchev–Trinajstić information content (AvgIpc) is 2.34. The predicted octanol–water partition coefficient (Wildman–Crippen LogP) is 0.768. The fraction of sp³-hybridized carbons (Fsp3) is 0.900. The van der Waals surface area contributed by atoms with Gasteiger partial charge >= 0.3 is 0 Å². The number of hydrogen-bond donors (Lipinski definition) is 1. The van der Waals surface area contributed by atoms with Crippen molar-refractivity contribution in [1.82, 2.24) is 4.90 Å². The number of amides is 1. The molecule has 0 aromatic heterocycles. The lowest BCUT2D eigenvalue weighted by Gasteiger charge is -2.36. The molecule has 0 aromatic carbocycles. The van der Waals surface area contributed by atoms with Gasteiger partial charge in [0.2, 0.25) is 5.91 Å². The molecule has 3 atom stereocenters. The molecule has 74 valence electrons. The Morgan fingerprint density at radius 3 is 2.85 bits per heavy atom. The van der Waals surface area contributed by atoms with E-state index in [9.17, 15) is 9.90 Å². The predicted molar refractivity (Wildman–Crippen MR) is 49.1 cm³/mol. The minimum absolute atomic E-state index is 0.0374. The summed E-state index contributed by atoms with van der Waals surface area (Å²) >= 11 is 0. The van der Waals surface area contributed by atoms with Gasteiger partial charge in [-0.25, -0.2) is 0 Å². The van der Waals surface area contributed by atoms with Crippen LogP contribution in [0.25, 0.3) is 0 Å². The zero-order valence-corrected chi connectivity index (χ0v) is 8.29. The molecule has 3 nitrogen and oxygen atoms in total. The van der Waals surface area contributed by atoms with Gasteiger partial charge in [-0.15, -0.1) is 0 Å². The number of rotatable bonds is 0. The summed E-state index contributed by atoms with van der Waals surface area (Å²) in [6.07, 6.45) is 2.60.